The third kappa shape index (κ3) is 3.09. The number of hydrogen-bond acceptors (Lipinski definition) is 3. The molecule has 1 aromatic carbocycles. The molecule has 4 nitrogen and oxygen atoms in total. The Morgan fingerprint density at radius 2 is 2.09 bits per heavy atom. The summed E-state index contributed by atoms with van der Waals surface area (Å²) < 4.78 is 0. The van der Waals surface area contributed by atoms with E-state index in [-0.39, 0.29) is 11.9 Å². The number of benzene rings is 1. The monoisotopic (exact) mass is 329 g/mol. The number of rotatable bonds is 4. The van der Waals surface area contributed by atoms with Crippen molar-refractivity contribution in [2.45, 2.75) is 38.8 Å². The van der Waals surface area contributed by atoms with Crippen LogP contribution in [-0.4, -0.2) is 10.9 Å². The summed E-state index contributed by atoms with van der Waals surface area (Å²) in [5.41, 5.74) is 3.74. The van der Waals surface area contributed by atoms with Gasteiger partial charge in [-0.2, -0.15) is 0 Å². The topological polar surface area (TPSA) is 54.0 Å². The van der Waals surface area contributed by atoms with Gasteiger partial charge in [-0.25, -0.2) is 4.98 Å². The molecule has 0 spiro atoms. The van der Waals surface area contributed by atoms with E-state index in [0.29, 0.717) is 11.7 Å². The first-order valence-electron chi connectivity index (χ1n) is 7.67. The van der Waals surface area contributed by atoms with Crippen molar-refractivity contribution >= 4 is 23.2 Å². The van der Waals surface area contributed by atoms with Crippen LogP contribution in [0.25, 0.3) is 0 Å². The van der Waals surface area contributed by atoms with Crippen LogP contribution in [0.1, 0.15) is 43.5 Å². The largest absolute Gasteiger partial charge is 0.325 e. The maximum atomic E-state index is 12.0. The molecule has 1 unspecified atom stereocenters. The molecule has 0 bridgehead atoms. The molecule has 1 atom stereocenters. The van der Waals surface area contributed by atoms with Crippen LogP contribution >= 0.6 is 11.6 Å². The minimum Gasteiger partial charge on any atom is -0.325 e. The van der Waals surface area contributed by atoms with Crippen LogP contribution in [0.3, 0.4) is 0 Å². The molecule has 2 N–H and O–H groups in total. The summed E-state index contributed by atoms with van der Waals surface area (Å²) in [6, 6.07) is 10.1. The molecule has 1 amide bonds. The zero-order valence-electron chi connectivity index (χ0n) is 13.5. The fourth-order valence-electron chi connectivity index (χ4n) is 2.76. The summed E-state index contributed by atoms with van der Waals surface area (Å²) in [7, 11) is 0. The quantitative estimate of drug-likeness (QED) is 0.838. The van der Waals surface area contributed by atoms with Crippen LogP contribution in [0.15, 0.2) is 36.5 Å². The predicted octanol–water partition coefficient (Wildman–Crippen LogP) is 3.82. The van der Waals surface area contributed by atoms with E-state index < -0.39 is 5.41 Å². The van der Waals surface area contributed by atoms with Crippen LogP contribution in [-0.2, 0) is 16.8 Å². The van der Waals surface area contributed by atoms with Gasteiger partial charge in [0, 0.05) is 24.5 Å². The normalized spacial score (nSPS) is 16.8. The maximum Gasteiger partial charge on any atom is 0.234 e. The van der Waals surface area contributed by atoms with Gasteiger partial charge < -0.3 is 10.6 Å². The molecule has 0 aliphatic carbocycles. The number of halogens is 1. The number of nitrogens with one attached hydrogen (secondary N) is 2. The van der Waals surface area contributed by atoms with Crippen molar-refractivity contribution in [2.75, 3.05) is 5.32 Å². The highest BCUT2D eigenvalue weighted by Gasteiger charge is 2.38. The van der Waals surface area contributed by atoms with Gasteiger partial charge in [-0.1, -0.05) is 29.8 Å². The summed E-state index contributed by atoms with van der Waals surface area (Å²) >= 11 is 5.80. The van der Waals surface area contributed by atoms with Crippen LogP contribution in [0.5, 0.6) is 0 Å². The molecular formula is C18H20ClN3O. The molecule has 23 heavy (non-hydrogen) atoms. The standard InChI is InChI=1S/C18H20ClN3O/c1-11(20-9-12-4-7-16(19)21-10-12)13-5-6-15-14(8-13)18(2,3)17(23)22-15/h4-8,10-11,20H,9H2,1-3H3,(H,22,23). The van der Waals surface area contributed by atoms with E-state index in [1.54, 1.807) is 12.3 Å². The van der Waals surface area contributed by atoms with Crippen molar-refractivity contribution in [3.05, 3.63) is 58.4 Å². The van der Waals surface area contributed by atoms with E-state index >= 15 is 0 Å². The van der Waals surface area contributed by atoms with E-state index in [4.69, 9.17) is 11.6 Å². The first-order valence-corrected chi connectivity index (χ1v) is 8.05. The van der Waals surface area contributed by atoms with Gasteiger partial charge >= 0.3 is 0 Å². The average molecular weight is 330 g/mol. The van der Waals surface area contributed by atoms with Gasteiger partial charge in [0.2, 0.25) is 5.91 Å². The zero-order valence-corrected chi connectivity index (χ0v) is 14.2. The average Bonchev–Trinajstić information content (AvgIpc) is 2.76. The Labute approximate surface area is 141 Å². The zero-order chi connectivity index (χ0) is 16.6. The first kappa shape index (κ1) is 16.0. The van der Waals surface area contributed by atoms with Crippen LogP contribution < -0.4 is 10.6 Å². The second kappa shape index (κ2) is 5.95. The predicted molar refractivity (Wildman–Crippen MR) is 92.6 cm³/mol. The van der Waals surface area contributed by atoms with Crippen molar-refractivity contribution in [2.24, 2.45) is 0 Å². The van der Waals surface area contributed by atoms with Gasteiger partial charge in [-0.05, 0) is 49.6 Å². The highest BCUT2D eigenvalue weighted by atomic mass is 35.5. The first-order chi connectivity index (χ1) is 10.9. The summed E-state index contributed by atoms with van der Waals surface area (Å²) in [6.45, 7) is 6.73. The molecule has 0 radical (unpaired) electrons. The van der Waals surface area contributed by atoms with Gasteiger partial charge in [0.1, 0.15) is 5.15 Å². The number of nitrogens with zero attached hydrogens (tertiary/aromatic N) is 1. The summed E-state index contributed by atoms with van der Waals surface area (Å²) in [6.07, 6.45) is 1.77. The van der Waals surface area contributed by atoms with E-state index in [1.807, 2.05) is 26.0 Å². The lowest BCUT2D eigenvalue weighted by molar-refractivity contribution is -0.119. The third-order valence-corrected chi connectivity index (χ3v) is 4.66. The summed E-state index contributed by atoms with van der Waals surface area (Å²) in [5, 5.41) is 6.91. The maximum absolute atomic E-state index is 12.0. The summed E-state index contributed by atoms with van der Waals surface area (Å²) in [4.78, 5) is 16.1. The molecule has 2 heterocycles. The minimum absolute atomic E-state index is 0.0532. The Balaban J connectivity index is 1.74. The molecule has 0 saturated carbocycles. The van der Waals surface area contributed by atoms with Gasteiger partial charge in [-0.3, -0.25) is 4.79 Å². The van der Waals surface area contributed by atoms with Crippen LogP contribution in [0.2, 0.25) is 5.15 Å². The number of carbonyl (C=O) groups is 1. The number of anilines is 1. The van der Waals surface area contributed by atoms with Crippen molar-refractivity contribution < 1.29 is 4.79 Å². The molecule has 2 aromatic rings. The fraction of sp³-hybridized carbons (Fsp3) is 0.333. The van der Waals surface area contributed by atoms with Crippen LogP contribution in [0, 0.1) is 0 Å². The van der Waals surface area contributed by atoms with E-state index in [0.717, 1.165) is 22.4 Å². The highest BCUT2D eigenvalue weighted by molar-refractivity contribution is 6.29. The van der Waals surface area contributed by atoms with Gasteiger partial charge in [0.15, 0.2) is 0 Å². The van der Waals surface area contributed by atoms with E-state index in [9.17, 15) is 4.79 Å². The van der Waals surface area contributed by atoms with Crippen molar-refractivity contribution in [3.8, 4) is 0 Å². The second-order valence-corrected chi connectivity index (χ2v) is 6.86. The number of aromatic nitrogens is 1. The number of pyridine rings is 1. The molecule has 5 heteroatoms. The molecule has 0 fully saturated rings. The number of hydrogen-bond donors (Lipinski definition) is 2. The van der Waals surface area contributed by atoms with Gasteiger partial charge in [-0.15, -0.1) is 0 Å². The van der Waals surface area contributed by atoms with Gasteiger partial charge in [0.05, 0.1) is 5.41 Å². The van der Waals surface area contributed by atoms with Crippen molar-refractivity contribution in [1.82, 2.24) is 10.3 Å². The van der Waals surface area contributed by atoms with Crippen molar-refractivity contribution in [3.63, 3.8) is 0 Å². The number of amides is 1. The van der Waals surface area contributed by atoms with E-state index in [2.05, 4.69) is 34.7 Å². The molecular weight excluding hydrogens is 310 g/mol. The second-order valence-electron chi connectivity index (χ2n) is 6.48. The highest BCUT2D eigenvalue weighted by Crippen LogP contribution is 2.38. The number of carbonyl (C=O) groups excluding carboxylic acids is 1. The lowest BCUT2D eigenvalue weighted by atomic mass is 9.85. The molecule has 1 aromatic heterocycles. The van der Waals surface area contributed by atoms with Gasteiger partial charge in [0.25, 0.3) is 0 Å². The molecule has 1 aliphatic heterocycles. The molecule has 0 saturated heterocycles. The van der Waals surface area contributed by atoms with Crippen LogP contribution in [0.4, 0.5) is 5.69 Å². The lowest BCUT2D eigenvalue weighted by Crippen LogP contribution is -2.27. The summed E-state index contributed by atoms with van der Waals surface area (Å²) in [5.74, 6) is 0.0532. The van der Waals surface area contributed by atoms with Crippen molar-refractivity contribution in [1.29, 1.82) is 0 Å². The Hall–Kier alpha value is -1.91. The Morgan fingerprint density at radius 1 is 1.30 bits per heavy atom. The third-order valence-electron chi connectivity index (χ3n) is 4.43. The Kier molecular flexibility index (Phi) is 4.13. The SMILES string of the molecule is CC(NCc1ccc(Cl)nc1)c1ccc2c(c1)C(C)(C)C(=O)N2. The van der Waals surface area contributed by atoms with E-state index in [1.165, 1.54) is 0 Å². The molecule has 3 rings (SSSR count). The minimum atomic E-state index is -0.481. The molecule has 120 valence electrons. The molecule has 1 aliphatic rings. The number of fused-ring (bicyclic) bond motifs is 1. The fourth-order valence-corrected chi connectivity index (χ4v) is 2.87. The smallest absolute Gasteiger partial charge is 0.234 e. The lowest BCUT2D eigenvalue weighted by Gasteiger charge is -2.19. The Morgan fingerprint density at radius 3 is 2.78 bits per heavy atom. The Bertz CT molecular complexity index is 740.